The molecule has 32 heavy (non-hydrogen) atoms. The smallest absolute Gasteiger partial charge is 0.135 e. The minimum absolute atomic E-state index is 0.189. The summed E-state index contributed by atoms with van der Waals surface area (Å²) < 4.78 is 56.1. The Hall–Kier alpha value is -2.81. The second-order valence-corrected chi connectivity index (χ2v) is 9.08. The Labute approximate surface area is 196 Å². The molecule has 0 aliphatic rings. The van der Waals surface area contributed by atoms with Crippen LogP contribution in [0.25, 0.3) is 22.5 Å². The van der Waals surface area contributed by atoms with Gasteiger partial charge >= 0.3 is 0 Å². The van der Waals surface area contributed by atoms with Crippen LogP contribution in [0, 0.1) is 26.8 Å². The molecule has 0 aliphatic carbocycles. The van der Waals surface area contributed by atoms with Gasteiger partial charge in [0.05, 0.1) is 22.8 Å². The van der Waals surface area contributed by atoms with Gasteiger partial charge in [0.25, 0.3) is 0 Å². The number of aromatic nitrogens is 2. The van der Waals surface area contributed by atoms with Crippen molar-refractivity contribution in [1.29, 1.82) is 0 Å². The molecule has 0 aliphatic heterocycles. The zero-order valence-electron chi connectivity index (χ0n) is 17.1. The fourth-order valence-corrected chi connectivity index (χ4v) is 4.00. The van der Waals surface area contributed by atoms with E-state index in [1.165, 1.54) is 24.3 Å². The number of pyridine rings is 2. The number of rotatable bonds is 4. The average molecular weight is 548 g/mol. The molecule has 0 N–H and O–H groups in total. The minimum Gasteiger partial charge on any atom is -0.252 e. The molecule has 0 unspecified atom stereocenters. The van der Waals surface area contributed by atoms with Gasteiger partial charge < -0.3 is 0 Å². The van der Waals surface area contributed by atoms with Crippen LogP contribution < -0.4 is 0 Å². The van der Waals surface area contributed by atoms with Crippen LogP contribution in [0.5, 0.6) is 0 Å². The van der Waals surface area contributed by atoms with Crippen LogP contribution in [0.2, 0.25) is 0 Å². The van der Waals surface area contributed by atoms with E-state index in [1.54, 1.807) is 24.3 Å². The first kappa shape index (κ1) is 22.4. The minimum atomic E-state index is -0.723. The summed E-state index contributed by atoms with van der Waals surface area (Å²) in [6.07, 6.45) is 0. The Morgan fingerprint density at radius 1 is 0.656 bits per heavy atom. The number of benzene rings is 2. The highest BCUT2D eigenvalue weighted by Crippen LogP contribution is 2.34. The van der Waals surface area contributed by atoms with Crippen LogP contribution in [-0.4, -0.2) is 9.97 Å². The van der Waals surface area contributed by atoms with E-state index in [0.717, 1.165) is 15.7 Å². The van der Waals surface area contributed by atoms with Gasteiger partial charge in [-0.1, -0.05) is 6.07 Å². The normalized spacial score (nSPS) is 11.6. The van der Waals surface area contributed by atoms with E-state index in [2.05, 4.69) is 32.6 Å². The van der Waals surface area contributed by atoms with Gasteiger partial charge in [0.15, 0.2) is 0 Å². The van der Waals surface area contributed by atoms with Gasteiger partial charge in [-0.05, 0) is 85.0 Å². The summed E-state index contributed by atoms with van der Waals surface area (Å²) in [5, 5.41) is 0. The van der Waals surface area contributed by atoms with Gasteiger partial charge in [-0.2, -0.15) is 0 Å². The monoisotopic (exact) mass is 548 g/mol. The fraction of sp³-hybridized carbons (Fsp3) is 0.120. The van der Waals surface area contributed by atoms with Gasteiger partial charge in [-0.15, -0.1) is 0 Å². The second-order valence-electron chi connectivity index (χ2n) is 7.84. The summed E-state index contributed by atoms with van der Waals surface area (Å²) in [6, 6.07) is 15.5. The lowest BCUT2D eigenvalue weighted by molar-refractivity contribution is 0.582. The van der Waals surface area contributed by atoms with Crippen LogP contribution in [-0.2, 0) is 5.41 Å². The molecule has 162 valence electrons. The van der Waals surface area contributed by atoms with E-state index >= 15 is 0 Å². The van der Waals surface area contributed by atoms with E-state index in [1.807, 2.05) is 19.9 Å². The van der Waals surface area contributed by atoms with Crippen molar-refractivity contribution in [3.63, 3.8) is 0 Å². The molecule has 0 atom stereocenters. The molecule has 0 radical (unpaired) electrons. The first-order valence-corrected chi connectivity index (χ1v) is 10.8. The van der Waals surface area contributed by atoms with Crippen molar-refractivity contribution in [2.24, 2.45) is 0 Å². The number of nitrogens with zero attached hydrogens (tertiary/aromatic N) is 2. The summed E-state index contributed by atoms with van der Waals surface area (Å²) in [6.45, 7) is 3.81. The van der Waals surface area contributed by atoms with Crippen molar-refractivity contribution in [3.8, 4) is 22.5 Å². The number of hydrogen-bond acceptors (Lipinski definition) is 2. The van der Waals surface area contributed by atoms with E-state index in [-0.39, 0.29) is 11.1 Å². The zero-order chi connectivity index (χ0) is 23.0. The quantitative estimate of drug-likeness (QED) is 0.198. The summed E-state index contributed by atoms with van der Waals surface area (Å²) in [4.78, 5) is 9.26. The molecule has 0 saturated carbocycles. The lowest BCUT2D eigenvalue weighted by atomic mass is 9.84. The van der Waals surface area contributed by atoms with Crippen molar-refractivity contribution >= 4 is 22.6 Å². The Kier molecular flexibility index (Phi) is 6.03. The molecule has 0 saturated heterocycles. The van der Waals surface area contributed by atoms with Crippen molar-refractivity contribution in [2.75, 3.05) is 0 Å². The van der Waals surface area contributed by atoms with Gasteiger partial charge in [-0.25, -0.2) is 17.6 Å². The Morgan fingerprint density at radius 3 is 1.81 bits per heavy atom. The molecule has 0 amide bonds. The summed E-state index contributed by atoms with van der Waals surface area (Å²) in [5.74, 6) is -2.72. The Bertz CT molecular complexity index is 1320. The molecule has 0 fully saturated rings. The Morgan fingerprint density at radius 2 is 1.22 bits per heavy atom. The van der Waals surface area contributed by atoms with Crippen LogP contribution in [0.15, 0.2) is 66.7 Å². The molecule has 7 heteroatoms. The first-order chi connectivity index (χ1) is 15.1. The maximum Gasteiger partial charge on any atom is 0.135 e. The van der Waals surface area contributed by atoms with Gasteiger partial charge in [0.1, 0.15) is 23.3 Å². The molecule has 2 heterocycles. The largest absolute Gasteiger partial charge is 0.252 e. The highest BCUT2D eigenvalue weighted by Gasteiger charge is 2.28. The number of halogens is 5. The van der Waals surface area contributed by atoms with Gasteiger partial charge in [0.2, 0.25) is 0 Å². The van der Waals surface area contributed by atoms with E-state index < -0.39 is 28.7 Å². The molecule has 0 spiro atoms. The highest BCUT2D eigenvalue weighted by molar-refractivity contribution is 14.1. The summed E-state index contributed by atoms with van der Waals surface area (Å²) in [7, 11) is 0. The first-order valence-electron chi connectivity index (χ1n) is 9.71. The van der Waals surface area contributed by atoms with Crippen LogP contribution in [0.1, 0.15) is 25.2 Å². The van der Waals surface area contributed by atoms with Crippen LogP contribution in [0.4, 0.5) is 17.6 Å². The number of hydrogen-bond donors (Lipinski definition) is 0. The van der Waals surface area contributed by atoms with E-state index in [9.17, 15) is 17.6 Å². The van der Waals surface area contributed by atoms with Crippen LogP contribution in [0.3, 0.4) is 0 Å². The van der Waals surface area contributed by atoms with Gasteiger partial charge in [-0.3, -0.25) is 9.97 Å². The Balaban J connectivity index is 1.79. The molecule has 2 nitrogen and oxygen atoms in total. The molecule has 2 aromatic heterocycles. The standard InChI is InChI=1S/C25H17F4IN2/c1-25(2,23-5-3-4-21(31-23)17-8-6-14(26)10-19(17)28)24-13-16(30)12-22(32-24)18-9-7-15(27)11-20(18)29/h3-13H,1-2H3. The average Bonchev–Trinajstić information content (AvgIpc) is 2.73. The molecular formula is C25H17F4IN2. The maximum atomic E-state index is 14.4. The van der Waals surface area contributed by atoms with E-state index in [4.69, 9.17) is 0 Å². The summed E-state index contributed by atoms with van der Waals surface area (Å²) >= 11 is 2.12. The molecular weight excluding hydrogens is 531 g/mol. The third-order valence-electron chi connectivity index (χ3n) is 5.23. The second kappa shape index (κ2) is 8.61. The lowest BCUT2D eigenvalue weighted by Gasteiger charge is -2.25. The third kappa shape index (κ3) is 4.39. The predicted molar refractivity (Wildman–Crippen MR) is 124 cm³/mol. The molecule has 2 aromatic carbocycles. The van der Waals surface area contributed by atoms with Crippen molar-refractivity contribution in [3.05, 3.63) is 105 Å². The third-order valence-corrected chi connectivity index (χ3v) is 5.86. The molecule has 4 aromatic rings. The SMILES string of the molecule is CC(C)(c1cccc(-c2ccc(F)cc2F)n1)c1cc(I)cc(-c2ccc(F)cc2F)n1. The maximum absolute atomic E-state index is 14.4. The van der Waals surface area contributed by atoms with Crippen molar-refractivity contribution in [1.82, 2.24) is 9.97 Å². The predicted octanol–water partition coefficient (Wildman–Crippen LogP) is 7.30. The molecule has 0 bridgehead atoms. The summed E-state index contributed by atoms with van der Waals surface area (Å²) in [5.41, 5.74) is 1.62. The van der Waals surface area contributed by atoms with E-state index in [0.29, 0.717) is 22.8 Å². The van der Waals surface area contributed by atoms with Crippen molar-refractivity contribution in [2.45, 2.75) is 19.3 Å². The zero-order valence-corrected chi connectivity index (χ0v) is 19.3. The topological polar surface area (TPSA) is 25.8 Å². The van der Waals surface area contributed by atoms with Crippen molar-refractivity contribution < 1.29 is 17.6 Å². The van der Waals surface area contributed by atoms with Gasteiger partial charge in [0, 0.05) is 32.2 Å². The highest BCUT2D eigenvalue weighted by atomic mass is 127. The molecule has 4 rings (SSSR count). The van der Waals surface area contributed by atoms with Crippen LogP contribution >= 0.6 is 22.6 Å². The lowest BCUT2D eigenvalue weighted by Crippen LogP contribution is -2.23. The fourth-order valence-electron chi connectivity index (χ4n) is 3.41.